The third-order valence-electron chi connectivity index (χ3n) is 7.21. The summed E-state index contributed by atoms with van der Waals surface area (Å²) in [6.45, 7) is 14.2. The number of halogens is 1. The van der Waals surface area contributed by atoms with Crippen molar-refractivity contribution in [3.8, 4) is 5.75 Å². The molecule has 0 radical (unpaired) electrons. The summed E-state index contributed by atoms with van der Waals surface area (Å²) in [5.74, 6) is 0.852. The Kier molecular flexibility index (Phi) is 9.94. The summed E-state index contributed by atoms with van der Waals surface area (Å²) in [5.41, 5.74) is 2.23. The maximum absolute atomic E-state index is 13.3. The van der Waals surface area contributed by atoms with Crippen LogP contribution in [-0.4, -0.2) is 47.2 Å². The third kappa shape index (κ3) is 9.17. The maximum Gasteiger partial charge on any atom is 0.410 e. The van der Waals surface area contributed by atoms with Gasteiger partial charge in [-0.3, -0.25) is 4.79 Å². The van der Waals surface area contributed by atoms with E-state index in [9.17, 15) is 14.0 Å². The minimum Gasteiger partial charge on any atom is -0.493 e. The van der Waals surface area contributed by atoms with Gasteiger partial charge in [-0.2, -0.15) is 0 Å². The van der Waals surface area contributed by atoms with E-state index in [4.69, 9.17) is 9.47 Å². The van der Waals surface area contributed by atoms with Crippen molar-refractivity contribution >= 4 is 23.5 Å². The molecule has 0 aliphatic carbocycles. The average Bonchev–Trinajstić information content (AvgIpc) is 2.95. The highest BCUT2D eigenvalue weighted by Crippen LogP contribution is 2.35. The zero-order valence-electron chi connectivity index (χ0n) is 26.0. The highest BCUT2D eigenvalue weighted by Gasteiger charge is 2.28. The zero-order chi connectivity index (χ0) is 31.2. The number of rotatable bonds is 8. The molecule has 43 heavy (non-hydrogen) atoms. The van der Waals surface area contributed by atoms with Crippen molar-refractivity contribution in [2.75, 3.05) is 30.3 Å². The number of likely N-dealkylation sites (tertiary alicyclic amines) is 1. The van der Waals surface area contributed by atoms with E-state index in [1.165, 1.54) is 12.1 Å². The van der Waals surface area contributed by atoms with Crippen molar-refractivity contribution in [2.45, 2.75) is 71.9 Å². The molecule has 0 bridgehead atoms. The molecule has 2 amide bonds. The Bertz CT molecular complexity index is 1410. The van der Waals surface area contributed by atoms with Crippen molar-refractivity contribution < 1.29 is 23.5 Å². The fourth-order valence-electron chi connectivity index (χ4n) is 4.87. The number of ether oxygens (including phenoxy) is 2. The third-order valence-corrected chi connectivity index (χ3v) is 7.21. The number of piperidine rings is 1. The first-order valence-electron chi connectivity index (χ1n) is 14.8. The summed E-state index contributed by atoms with van der Waals surface area (Å²) < 4.78 is 25.2. The number of pyridine rings is 1. The average molecular weight is 591 g/mol. The molecule has 1 aromatic heterocycles. The molecule has 1 saturated heterocycles. The van der Waals surface area contributed by atoms with Crippen LogP contribution in [0.5, 0.6) is 5.75 Å². The number of carbonyl (C=O) groups is 2. The fraction of sp³-hybridized carbons (Fsp3) is 0.441. The molecular formula is C34H43FN4O4. The molecule has 0 unspecified atom stereocenters. The first-order chi connectivity index (χ1) is 20.3. The SMILES string of the molecule is CC(C)(C)OC(=O)N1CCC(COc2cc(NC(=O)c3cccnc3NCc3ccc(F)cc3)ccc2C(C)(C)C)CC1. The Balaban J connectivity index is 1.41. The number of aromatic nitrogens is 1. The van der Waals surface area contributed by atoms with E-state index in [0.29, 0.717) is 49.2 Å². The summed E-state index contributed by atoms with van der Waals surface area (Å²) in [4.78, 5) is 31.9. The zero-order valence-corrected chi connectivity index (χ0v) is 26.0. The van der Waals surface area contributed by atoms with E-state index >= 15 is 0 Å². The van der Waals surface area contributed by atoms with Crippen LogP contribution in [0.3, 0.4) is 0 Å². The molecule has 2 heterocycles. The first-order valence-corrected chi connectivity index (χ1v) is 14.8. The number of amides is 2. The van der Waals surface area contributed by atoms with E-state index in [1.54, 1.807) is 35.4 Å². The maximum atomic E-state index is 13.3. The minimum atomic E-state index is -0.514. The van der Waals surface area contributed by atoms with E-state index in [1.807, 2.05) is 39.0 Å². The van der Waals surface area contributed by atoms with Crippen LogP contribution in [0.1, 0.15) is 75.9 Å². The predicted octanol–water partition coefficient (Wildman–Crippen LogP) is 7.41. The summed E-state index contributed by atoms with van der Waals surface area (Å²) in [5, 5.41) is 6.17. The molecule has 9 heteroatoms. The molecule has 8 nitrogen and oxygen atoms in total. The number of nitrogens with one attached hydrogen (secondary N) is 2. The van der Waals surface area contributed by atoms with Gasteiger partial charge >= 0.3 is 6.09 Å². The van der Waals surface area contributed by atoms with E-state index < -0.39 is 5.60 Å². The number of hydrogen-bond donors (Lipinski definition) is 2. The van der Waals surface area contributed by atoms with Gasteiger partial charge < -0.3 is 25.0 Å². The molecule has 3 aromatic rings. The van der Waals surface area contributed by atoms with Crippen molar-refractivity contribution in [1.82, 2.24) is 9.88 Å². The quantitative estimate of drug-likeness (QED) is 0.284. The Labute approximate surface area is 254 Å². The number of nitrogens with zero attached hydrogens (tertiary/aromatic N) is 2. The minimum absolute atomic E-state index is 0.168. The van der Waals surface area contributed by atoms with Crippen molar-refractivity contribution in [3.63, 3.8) is 0 Å². The highest BCUT2D eigenvalue weighted by atomic mass is 19.1. The van der Waals surface area contributed by atoms with Gasteiger partial charge in [-0.25, -0.2) is 14.2 Å². The van der Waals surface area contributed by atoms with Gasteiger partial charge in [0.1, 0.15) is 23.0 Å². The van der Waals surface area contributed by atoms with Crippen LogP contribution in [0.15, 0.2) is 60.8 Å². The molecule has 0 saturated carbocycles. The highest BCUT2D eigenvalue weighted by molar-refractivity contribution is 6.07. The van der Waals surface area contributed by atoms with Crippen LogP contribution in [0.25, 0.3) is 0 Å². The van der Waals surface area contributed by atoms with Gasteiger partial charge in [-0.05, 0) is 86.4 Å². The summed E-state index contributed by atoms with van der Waals surface area (Å²) in [6.07, 6.45) is 3.00. The lowest BCUT2D eigenvalue weighted by molar-refractivity contribution is 0.0164. The van der Waals surface area contributed by atoms with E-state index in [0.717, 1.165) is 29.7 Å². The molecule has 1 aliphatic rings. The second-order valence-electron chi connectivity index (χ2n) is 13.0. The Morgan fingerprint density at radius 3 is 2.35 bits per heavy atom. The Hall–Kier alpha value is -4.14. The fourth-order valence-corrected chi connectivity index (χ4v) is 4.87. The molecule has 0 atom stereocenters. The van der Waals surface area contributed by atoms with Gasteiger partial charge in [0.05, 0.1) is 12.2 Å². The molecular weight excluding hydrogens is 547 g/mol. The van der Waals surface area contributed by atoms with Crippen molar-refractivity contribution in [2.24, 2.45) is 5.92 Å². The number of benzene rings is 2. The number of anilines is 2. The first kappa shape index (κ1) is 31.8. The van der Waals surface area contributed by atoms with Gasteiger partial charge in [0.15, 0.2) is 0 Å². The molecule has 1 fully saturated rings. The largest absolute Gasteiger partial charge is 0.493 e. The summed E-state index contributed by atoms with van der Waals surface area (Å²) in [7, 11) is 0. The van der Waals surface area contributed by atoms with Crippen LogP contribution >= 0.6 is 0 Å². The Morgan fingerprint density at radius 1 is 1.00 bits per heavy atom. The monoisotopic (exact) mass is 590 g/mol. The van der Waals surface area contributed by atoms with Crippen LogP contribution in [0.2, 0.25) is 0 Å². The smallest absolute Gasteiger partial charge is 0.410 e. The second kappa shape index (κ2) is 13.4. The lowest BCUT2D eigenvalue weighted by Gasteiger charge is -2.33. The number of hydrogen-bond acceptors (Lipinski definition) is 6. The molecule has 0 spiro atoms. The molecule has 2 N–H and O–H groups in total. The topological polar surface area (TPSA) is 92.8 Å². The van der Waals surface area contributed by atoms with Gasteiger partial charge in [0.25, 0.3) is 5.91 Å². The van der Waals surface area contributed by atoms with Gasteiger partial charge in [0.2, 0.25) is 0 Å². The van der Waals surface area contributed by atoms with Crippen molar-refractivity contribution in [3.05, 3.63) is 83.3 Å². The summed E-state index contributed by atoms with van der Waals surface area (Å²) >= 11 is 0. The second-order valence-corrected chi connectivity index (χ2v) is 13.0. The van der Waals surface area contributed by atoms with Gasteiger partial charge in [0, 0.05) is 37.6 Å². The normalized spacial score (nSPS) is 14.3. The van der Waals surface area contributed by atoms with Crippen LogP contribution in [0, 0.1) is 11.7 Å². The molecule has 2 aromatic carbocycles. The Morgan fingerprint density at radius 2 is 1.70 bits per heavy atom. The van der Waals surface area contributed by atoms with Gasteiger partial charge in [-0.1, -0.05) is 39.0 Å². The lowest BCUT2D eigenvalue weighted by atomic mass is 9.86. The predicted molar refractivity (Wildman–Crippen MR) is 167 cm³/mol. The van der Waals surface area contributed by atoms with Crippen molar-refractivity contribution in [1.29, 1.82) is 0 Å². The molecule has 230 valence electrons. The molecule has 1 aliphatic heterocycles. The van der Waals surface area contributed by atoms with Gasteiger partial charge in [-0.15, -0.1) is 0 Å². The summed E-state index contributed by atoms with van der Waals surface area (Å²) in [6, 6.07) is 15.3. The number of carbonyl (C=O) groups excluding carboxylic acids is 2. The molecule has 4 rings (SSSR count). The lowest BCUT2D eigenvalue weighted by Crippen LogP contribution is -2.42. The standard InChI is InChI=1S/C34H43FN4O4/c1-33(2,3)28-14-13-26(20-29(28)42-22-24-15-18-39(19-16-24)32(41)43-34(4,5)6)38-31(40)27-8-7-17-36-30(27)37-21-23-9-11-25(35)12-10-23/h7-14,17,20,24H,15-16,18-19,21-22H2,1-6H3,(H,36,37)(H,38,40). The van der Waals surface area contributed by atoms with E-state index in [-0.39, 0.29) is 23.2 Å². The van der Waals surface area contributed by atoms with Crippen LogP contribution < -0.4 is 15.4 Å². The van der Waals surface area contributed by atoms with Crippen LogP contribution in [-0.2, 0) is 16.7 Å². The van der Waals surface area contributed by atoms with Crippen LogP contribution in [0.4, 0.5) is 20.7 Å². The van der Waals surface area contributed by atoms with E-state index in [2.05, 4.69) is 36.4 Å².